The summed E-state index contributed by atoms with van der Waals surface area (Å²) < 4.78 is 31.7. The van der Waals surface area contributed by atoms with Gasteiger partial charge in [-0.05, 0) is 23.6 Å². The van der Waals surface area contributed by atoms with Gasteiger partial charge in [0.05, 0.1) is 4.90 Å². The van der Waals surface area contributed by atoms with Crippen molar-refractivity contribution in [3.05, 3.63) is 36.0 Å². The van der Waals surface area contributed by atoms with E-state index in [0.717, 1.165) is 5.56 Å². The SMILES string of the molecule is CC(C)c1ccc(S(=O)(=O)[O-])cc1.[NH2-].[Na+].[Na+]. The van der Waals surface area contributed by atoms with E-state index in [0.29, 0.717) is 5.92 Å². The van der Waals surface area contributed by atoms with E-state index in [9.17, 15) is 13.0 Å². The molecule has 2 N–H and O–H groups in total. The maximum absolute atomic E-state index is 10.6. The normalized spacial score (nSPS) is 9.75. The topological polar surface area (TPSA) is 90.7 Å². The van der Waals surface area contributed by atoms with Gasteiger partial charge in [-0.3, -0.25) is 0 Å². The molecule has 1 rings (SSSR count). The van der Waals surface area contributed by atoms with Crippen LogP contribution in [0.2, 0.25) is 0 Å². The minimum Gasteiger partial charge on any atom is -0.744 e. The first-order valence-electron chi connectivity index (χ1n) is 3.97. The Morgan fingerprint density at radius 1 is 1.06 bits per heavy atom. The zero-order valence-corrected chi connectivity index (χ0v) is 14.9. The molecule has 7 heteroatoms. The quantitative estimate of drug-likeness (QED) is 0.407. The fourth-order valence-corrected chi connectivity index (χ4v) is 1.49. The van der Waals surface area contributed by atoms with Crippen LogP contribution in [-0.4, -0.2) is 13.0 Å². The van der Waals surface area contributed by atoms with E-state index in [1.54, 1.807) is 12.1 Å². The Bertz CT molecular complexity index is 390. The van der Waals surface area contributed by atoms with Gasteiger partial charge in [-0.25, -0.2) is 8.42 Å². The predicted molar refractivity (Wildman–Crippen MR) is 53.8 cm³/mol. The van der Waals surface area contributed by atoms with Crippen LogP contribution in [0, 0.1) is 0 Å². The minimum absolute atomic E-state index is 0. The van der Waals surface area contributed by atoms with Crippen LogP contribution < -0.4 is 59.1 Å². The van der Waals surface area contributed by atoms with Crippen LogP contribution >= 0.6 is 0 Å². The first kappa shape index (κ1) is 22.3. The van der Waals surface area contributed by atoms with E-state index in [1.807, 2.05) is 13.8 Å². The molecule has 4 nitrogen and oxygen atoms in total. The van der Waals surface area contributed by atoms with Gasteiger partial charge < -0.3 is 10.7 Å². The second-order valence-electron chi connectivity index (χ2n) is 3.18. The summed E-state index contributed by atoms with van der Waals surface area (Å²) in [4.78, 5) is -0.170. The average Bonchev–Trinajstić information content (AvgIpc) is 2.03. The van der Waals surface area contributed by atoms with Gasteiger partial charge in [0, 0.05) is 0 Å². The van der Waals surface area contributed by atoms with E-state index in [4.69, 9.17) is 0 Å². The third-order valence-electron chi connectivity index (χ3n) is 1.84. The van der Waals surface area contributed by atoms with Crippen molar-refractivity contribution in [1.82, 2.24) is 0 Å². The van der Waals surface area contributed by atoms with Crippen molar-refractivity contribution in [2.24, 2.45) is 0 Å². The second kappa shape index (κ2) is 9.08. The van der Waals surface area contributed by atoms with Crippen molar-refractivity contribution in [2.75, 3.05) is 0 Å². The van der Waals surface area contributed by atoms with Crippen LogP contribution in [0.3, 0.4) is 0 Å². The van der Waals surface area contributed by atoms with Crippen LogP contribution in [0.5, 0.6) is 0 Å². The van der Waals surface area contributed by atoms with Crippen molar-refractivity contribution in [3.63, 3.8) is 0 Å². The van der Waals surface area contributed by atoms with Crippen LogP contribution in [0.4, 0.5) is 0 Å². The fourth-order valence-electron chi connectivity index (χ4n) is 1.02. The van der Waals surface area contributed by atoms with Crippen molar-refractivity contribution in [2.45, 2.75) is 24.7 Å². The maximum Gasteiger partial charge on any atom is 1.00 e. The zero-order valence-electron chi connectivity index (χ0n) is 10.1. The summed E-state index contributed by atoms with van der Waals surface area (Å²) in [6, 6.07) is 6.01. The van der Waals surface area contributed by atoms with Gasteiger partial charge in [-0.15, -0.1) is 0 Å². The van der Waals surface area contributed by atoms with E-state index < -0.39 is 10.1 Å². The maximum atomic E-state index is 10.6. The van der Waals surface area contributed by atoms with Crippen molar-refractivity contribution >= 4 is 10.1 Å². The van der Waals surface area contributed by atoms with E-state index in [2.05, 4.69) is 0 Å². The van der Waals surface area contributed by atoms with E-state index in [1.165, 1.54) is 12.1 Å². The minimum atomic E-state index is -4.30. The standard InChI is InChI=1S/C9H12O3S.H2N.2Na/c1-7(2)8-3-5-9(6-4-8)13(10,11)12;;;/h3-7H,1-2H3,(H,10,11,12);1H2;;/q;-1;2*+1/p-1. The Morgan fingerprint density at radius 3 is 1.69 bits per heavy atom. The molecule has 0 unspecified atom stereocenters. The average molecular weight is 261 g/mol. The van der Waals surface area contributed by atoms with Crippen molar-refractivity contribution in [1.29, 1.82) is 0 Å². The molecule has 0 aliphatic heterocycles. The van der Waals surface area contributed by atoms with Crippen LogP contribution in [-0.2, 0) is 10.1 Å². The molecule has 1 aromatic carbocycles. The van der Waals surface area contributed by atoms with Gasteiger partial charge in [0.1, 0.15) is 10.1 Å². The van der Waals surface area contributed by atoms with Gasteiger partial charge >= 0.3 is 59.1 Å². The molecule has 80 valence electrons. The fraction of sp³-hybridized carbons (Fsp3) is 0.333. The largest absolute Gasteiger partial charge is 1.00 e. The molecule has 0 amide bonds. The Balaban J connectivity index is -0.000000563. The molecule has 0 aromatic heterocycles. The number of nitrogens with two attached hydrogens (primary N) is 1. The molecular weight excluding hydrogens is 248 g/mol. The molecule has 0 saturated carbocycles. The van der Waals surface area contributed by atoms with E-state index >= 15 is 0 Å². The Kier molecular flexibility index (Phi) is 12.6. The predicted octanol–water partition coefficient (Wildman–Crippen LogP) is -3.56. The summed E-state index contributed by atoms with van der Waals surface area (Å²) in [7, 11) is -4.30. The molecule has 16 heavy (non-hydrogen) atoms. The molecule has 0 saturated heterocycles. The zero-order chi connectivity index (χ0) is 10.1. The summed E-state index contributed by atoms with van der Waals surface area (Å²) in [5, 5.41) is 0. The molecule has 0 radical (unpaired) electrons. The van der Waals surface area contributed by atoms with Gasteiger partial charge in [0.25, 0.3) is 0 Å². The third-order valence-corrected chi connectivity index (χ3v) is 2.68. The Labute approximate surface area is 141 Å². The molecule has 1 aromatic rings. The Morgan fingerprint density at radius 2 is 1.44 bits per heavy atom. The number of hydrogen-bond acceptors (Lipinski definition) is 3. The van der Waals surface area contributed by atoms with Crippen molar-refractivity contribution < 1.29 is 72.1 Å². The number of hydrogen-bond donors (Lipinski definition) is 0. The van der Waals surface area contributed by atoms with Gasteiger partial charge in [-0.1, -0.05) is 26.0 Å². The molecule has 0 aliphatic rings. The summed E-state index contributed by atoms with van der Waals surface area (Å²) in [6.07, 6.45) is 0. The second-order valence-corrected chi connectivity index (χ2v) is 4.56. The molecule has 0 fully saturated rings. The number of benzene rings is 1. The summed E-state index contributed by atoms with van der Waals surface area (Å²) in [6.45, 7) is 4.00. The molecule has 0 heterocycles. The summed E-state index contributed by atoms with van der Waals surface area (Å²) in [5.74, 6) is 0.336. The molecule has 0 bridgehead atoms. The third kappa shape index (κ3) is 6.74. The monoisotopic (exact) mass is 261 g/mol. The summed E-state index contributed by atoms with van der Waals surface area (Å²) in [5.41, 5.74) is 1.02. The van der Waals surface area contributed by atoms with Crippen molar-refractivity contribution in [3.8, 4) is 0 Å². The Hall–Kier alpha value is 1.09. The van der Waals surface area contributed by atoms with E-state index in [-0.39, 0.29) is 70.2 Å². The van der Waals surface area contributed by atoms with Crippen LogP contribution in [0.15, 0.2) is 29.2 Å². The van der Waals surface area contributed by atoms with Gasteiger partial charge in [-0.2, -0.15) is 0 Å². The van der Waals surface area contributed by atoms with Crippen LogP contribution in [0.25, 0.3) is 6.15 Å². The smallest absolute Gasteiger partial charge is 0.744 e. The van der Waals surface area contributed by atoms with Gasteiger partial charge in [0.15, 0.2) is 0 Å². The van der Waals surface area contributed by atoms with Gasteiger partial charge in [0.2, 0.25) is 0 Å². The first-order valence-corrected chi connectivity index (χ1v) is 5.38. The molecular formula is C9H13NNa2O3S. The molecule has 0 atom stereocenters. The number of rotatable bonds is 2. The summed E-state index contributed by atoms with van der Waals surface area (Å²) >= 11 is 0. The molecule has 0 spiro atoms. The first-order chi connectivity index (χ1) is 5.91. The molecule has 0 aliphatic carbocycles. The van der Waals surface area contributed by atoms with Crippen LogP contribution in [0.1, 0.15) is 25.3 Å².